The molecule has 0 spiro atoms. The molecule has 74 valence electrons. The van der Waals surface area contributed by atoms with Crippen molar-refractivity contribution >= 4 is 0 Å². The number of ether oxygens (including phenoxy) is 2. The smallest absolute Gasteiger partial charge is 0.0699 e. The molecule has 0 unspecified atom stereocenters. The van der Waals surface area contributed by atoms with Crippen molar-refractivity contribution in [2.45, 2.75) is 0 Å². The van der Waals surface area contributed by atoms with Crippen molar-refractivity contribution in [1.82, 2.24) is 0 Å². The third kappa shape index (κ3) is 17.3. The summed E-state index contributed by atoms with van der Waals surface area (Å²) in [5, 5.41) is 0. The summed E-state index contributed by atoms with van der Waals surface area (Å²) in [5.41, 5.74) is 13.4. The second-order valence-corrected chi connectivity index (χ2v) is 1.72. The van der Waals surface area contributed by atoms with Gasteiger partial charge in [0.2, 0.25) is 0 Å². The van der Waals surface area contributed by atoms with Gasteiger partial charge in [-0.1, -0.05) is 0 Å². The van der Waals surface area contributed by atoms with Gasteiger partial charge in [0.15, 0.2) is 0 Å². The second-order valence-electron chi connectivity index (χ2n) is 1.72. The molecule has 2 N–H and O–H groups in total. The van der Waals surface area contributed by atoms with Crippen LogP contribution in [0.25, 0.3) is 11.5 Å². The van der Waals surface area contributed by atoms with Crippen LogP contribution in [0.15, 0.2) is 0 Å². The van der Waals surface area contributed by atoms with Gasteiger partial charge in [0, 0.05) is 55.3 Å². The first-order valence-electron chi connectivity index (χ1n) is 3.36. The molecule has 0 bridgehead atoms. The summed E-state index contributed by atoms with van der Waals surface area (Å²) < 4.78 is 9.91. The Morgan fingerprint density at radius 1 is 0.667 bits per heavy atom. The molecule has 0 aliphatic rings. The van der Waals surface area contributed by atoms with Crippen LogP contribution in [0.2, 0.25) is 0 Å². The van der Waals surface area contributed by atoms with Crippen LogP contribution in [0.4, 0.5) is 0 Å². The van der Waals surface area contributed by atoms with Crippen LogP contribution in [0, 0.1) is 0 Å². The van der Waals surface area contributed by atoms with Crippen LogP contribution in [0.5, 0.6) is 0 Å². The molecule has 0 atom stereocenters. The number of rotatable bonds is 7. The molecule has 0 aromatic rings. The van der Waals surface area contributed by atoms with Gasteiger partial charge in [0.1, 0.15) is 0 Å². The summed E-state index contributed by atoms with van der Waals surface area (Å²) in [4.78, 5) is 0. The van der Waals surface area contributed by atoms with E-state index in [9.17, 15) is 0 Å². The molecule has 6 heteroatoms. The van der Waals surface area contributed by atoms with E-state index >= 15 is 0 Å². The Hall–Kier alpha value is 1.22. The largest absolute Gasteiger partial charge is 0.676 e. The van der Waals surface area contributed by atoms with Crippen LogP contribution in [-0.2, 0) is 51.6 Å². The minimum absolute atomic E-state index is 0. The molecule has 0 saturated heterocycles. The van der Waals surface area contributed by atoms with Gasteiger partial charge < -0.3 is 20.9 Å². The van der Waals surface area contributed by atoms with Crippen molar-refractivity contribution in [3.63, 3.8) is 0 Å². The van der Waals surface area contributed by atoms with Crippen LogP contribution < -0.4 is 0 Å². The fraction of sp³-hybridized carbons (Fsp3) is 1.00. The first-order chi connectivity index (χ1) is 4.91. The van der Waals surface area contributed by atoms with Gasteiger partial charge >= 0.3 is 0 Å². The van der Waals surface area contributed by atoms with Gasteiger partial charge in [-0.2, -0.15) is 0 Å². The van der Waals surface area contributed by atoms with Gasteiger partial charge in [0.25, 0.3) is 0 Å². The zero-order valence-corrected chi connectivity index (χ0v) is 12.7. The first-order valence-corrected chi connectivity index (χ1v) is 3.36. The maximum atomic E-state index is 6.72. The van der Waals surface area contributed by atoms with Crippen molar-refractivity contribution in [2.24, 2.45) is 0 Å². The van der Waals surface area contributed by atoms with Crippen molar-refractivity contribution in [3.8, 4) is 0 Å². The normalized spacial score (nSPS) is 8.50. The minimum Gasteiger partial charge on any atom is -0.676 e. The van der Waals surface area contributed by atoms with Crippen molar-refractivity contribution in [1.29, 1.82) is 0 Å². The Kier molecular flexibility index (Phi) is 28.5. The molecule has 0 aromatic heterocycles. The van der Waals surface area contributed by atoms with Gasteiger partial charge in [-0.05, 0) is 0 Å². The summed E-state index contributed by atoms with van der Waals surface area (Å²) in [6.45, 7) is 2.64. The van der Waals surface area contributed by atoms with Crippen LogP contribution in [0.1, 0.15) is 0 Å². The van der Waals surface area contributed by atoms with Crippen molar-refractivity contribution < 1.29 is 51.6 Å². The molecule has 0 amide bonds. The van der Waals surface area contributed by atoms with Crippen molar-refractivity contribution in [3.05, 3.63) is 11.5 Å². The SMILES string of the molecule is [NH-]CCOCCOCC[NH-].[W].[W]. The maximum absolute atomic E-state index is 6.72. The predicted octanol–water partition coefficient (Wildman–Crippen LogP) is 1.12. The Balaban J connectivity index is -0.000000405. The molecule has 0 aliphatic carbocycles. The average molecular weight is 514 g/mol. The molecule has 12 heavy (non-hydrogen) atoms. The Labute approximate surface area is 102 Å². The summed E-state index contributed by atoms with van der Waals surface area (Å²) in [5.74, 6) is 0. The standard InChI is InChI=1S/C6H14N2O2.2W/c7-1-3-9-5-6-10-4-2-8;;/h7-8H,1-6H2;;/q-2;;. The molecular formula is C6H14N2O2W2-2. The fourth-order valence-corrected chi connectivity index (χ4v) is 0.466. The molecular weight excluding hydrogens is 500 g/mol. The van der Waals surface area contributed by atoms with E-state index < -0.39 is 0 Å². The third-order valence-corrected chi connectivity index (χ3v) is 0.865. The molecule has 0 aliphatic heterocycles. The molecule has 0 heterocycles. The zero-order valence-electron chi connectivity index (χ0n) is 6.88. The summed E-state index contributed by atoms with van der Waals surface area (Å²) in [6.07, 6.45) is 0. The van der Waals surface area contributed by atoms with Gasteiger partial charge in [-0.3, -0.25) is 0 Å². The first kappa shape index (κ1) is 18.9. The van der Waals surface area contributed by atoms with E-state index in [0.717, 1.165) is 0 Å². The van der Waals surface area contributed by atoms with Crippen LogP contribution >= 0.6 is 0 Å². The van der Waals surface area contributed by atoms with E-state index in [4.69, 9.17) is 20.9 Å². The molecule has 4 nitrogen and oxygen atoms in total. The second kappa shape index (κ2) is 18.1. The molecule has 0 fully saturated rings. The molecule has 0 rings (SSSR count). The van der Waals surface area contributed by atoms with Gasteiger partial charge in [0.05, 0.1) is 13.2 Å². The third-order valence-electron chi connectivity index (χ3n) is 0.865. The molecule has 0 radical (unpaired) electrons. The minimum atomic E-state index is 0. The van der Waals surface area contributed by atoms with Crippen molar-refractivity contribution in [2.75, 3.05) is 39.5 Å². The Bertz CT molecular complexity index is 61.5. The number of hydrogen-bond donors (Lipinski definition) is 0. The van der Waals surface area contributed by atoms with Crippen LogP contribution in [0.3, 0.4) is 0 Å². The quantitative estimate of drug-likeness (QED) is 0.479. The molecule has 0 saturated carbocycles. The monoisotopic (exact) mass is 514 g/mol. The van der Waals surface area contributed by atoms with E-state index in [0.29, 0.717) is 39.5 Å². The summed E-state index contributed by atoms with van der Waals surface area (Å²) in [6, 6.07) is 0. The predicted molar refractivity (Wildman–Crippen MR) is 40.0 cm³/mol. The fourth-order valence-electron chi connectivity index (χ4n) is 0.466. The van der Waals surface area contributed by atoms with E-state index in [2.05, 4.69) is 0 Å². The van der Waals surface area contributed by atoms with Gasteiger partial charge in [-0.25, -0.2) is 0 Å². The average Bonchev–Trinajstić information content (AvgIpc) is 1.97. The zero-order chi connectivity index (χ0) is 7.66. The summed E-state index contributed by atoms with van der Waals surface area (Å²) in [7, 11) is 0. The van der Waals surface area contributed by atoms with E-state index in [-0.39, 0.29) is 42.1 Å². The van der Waals surface area contributed by atoms with E-state index in [1.54, 1.807) is 0 Å². The van der Waals surface area contributed by atoms with Gasteiger partial charge in [-0.15, -0.1) is 13.1 Å². The Morgan fingerprint density at radius 3 is 1.25 bits per heavy atom. The number of hydrogen-bond acceptors (Lipinski definition) is 2. The maximum Gasteiger partial charge on any atom is 0.0699 e. The molecule has 0 aromatic carbocycles. The van der Waals surface area contributed by atoms with Crippen LogP contribution in [-0.4, -0.2) is 39.5 Å². The summed E-state index contributed by atoms with van der Waals surface area (Å²) >= 11 is 0. The van der Waals surface area contributed by atoms with E-state index in [1.807, 2.05) is 0 Å². The number of nitrogens with one attached hydrogen (secondary N) is 2. The van der Waals surface area contributed by atoms with E-state index in [1.165, 1.54) is 0 Å². The Morgan fingerprint density at radius 2 is 1.00 bits per heavy atom. The topological polar surface area (TPSA) is 66.1 Å².